The molecule has 1 N–H and O–H groups in total. The molecule has 43 heavy (non-hydrogen) atoms. The Hall–Kier alpha value is -1.47. The van der Waals surface area contributed by atoms with Gasteiger partial charge in [0.25, 0.3) is 0 Å². The number of rotatable bonds is 9. The fourth-order valence-electron chi connectivity index (χ4n) is 5.65. The maximum Gasteiger partial charge on any atom is 0.410 e. The van der Waals surface area contributed by atoms with E-state index in [0.717, 1.165) is 29.1 Å². The van der Waals surface area contributed by atoms with Crippen LogP contribution in [-0.4, -0.2) is 75.8 Å². The minimum Gasteiger partial charge on any atom is -0.444 e. The molecule has 0 aromatic carbocycles. The van der Waals surface area contributed by atoms with Crippen molar-refractivity contribution in [2.24, 2.45) is 11.3 Å². The van der Waals surface area contributed by atoms with E-state index in [9.17, 15) is 9.90 Å². The fourth-order valence-corrected chi connectivity index (χ4v) is 7.68. The molecule has 2 aliphatic heterocycles. The number of carbonyl (C=O) groups is 1. The number of amides is 1. The van der Waals surface area contributed by atoms with Crippen LogP contribution in [0.15, 0.2) is 6.07 Å². The van der Waals surface area contributed by atoms with Gasteiger partial charge in [-0.15, -0.1) is 0 Å². The summed E-state index contributed by atoms with van der Waals surface area (Å²) in [7, 11) is -3.56. The number of piperazine rings is 1. The number of nitrogens with zero attached hydrogens (tertiary/aromatic N) is 3. The van der Waals surface area contributed by atoms with Crippen LogP contribution in [0, 0.1) is 11.3 Å². The normalized spacial score (nSPS) is 21.3. The van der Waals surface area contributed by atoms with Crippen molar-refractivity contribution in [3.63, 3.8) is 0 Å². The number of aromatic nitrogens is 1. The number of fused-ring (bicyclic) bond motifs is 3. The lowest BCUT2D eigenvalue weighted by Crippen LogP contribution is -2.58. The predicted octanol–water partition coefficient (Wildman–Crippen LogP) is 7.23. The fraction of sp³-hybridized carbons (Fsp3) is 0.818. The molecule has 1 saturated heterocycles. The zero-order valence-corrected chi connectivity index (χ0v) is 31.9. The van der Waals surface area contributed by atoms with E-state index >= 15 is 0 Å². The predicted molar refractivity (Wildman–Crippen MR) is 181 cm³/mol. The molecule has 0 radical (unpaired) electrons. The van der Waals surface area contributed by atoms with E-state index in [-0.39, 0.29) is 41.3 Å². The van der Waals surface area contributed by atoms with Crippen LogP contribution in [-0.2, 0) is 20.0 Å². The Balaban J connectivity index is 2.08. The van der Waals surface area contributed by atoms with Gasteiger partial charge in [0.1, 0.15) is 17.5 Å². The van der Waals surface area contributed by atoms with Crippen LogP contribution in [0.3, 0.4) is 0 Å². The van der Waals surface area contributed by atoms with Crippen molar-refractivity contribution in [2.45, 2.75) is 144 Å². The summed E-state index contributed by atoms with van der Waals surface area (Å²) < 4.78 is 19.1. The highest BCUT2D eigenvalue weighted by molar-refractivity contribution is 6.74. The second-order valence-corrected chi connectivity index (χ2v) is 23.8. The van der Waals surface area contributed by atoms with Crippen LogP contribution in [0.25, 0.3) is 0 Å². The first-order valence-electron chi connectivity index (χ1n) is 16.2. The number of carbonyl (C=O) groups excluding carboxylic acids is 1. The van der Waals surface area contributed by atoms with Gasteiger partial charge in [0.05, 0.1) is 24.4 Å². The van der Waals surface area contributed by atoms with Gasteiger partial charge in [-0.3, -0.25) is 0 Å². The standard InChI is InChI=1S/C33H61N3O5Si2/c1-21(2)33(10,11)28(41-42(12)13)27-25(26(37)20-39-43(14,15)32(7,8)9)17-23-16-24-19-35(30(38)40-31(4,5)6)18-22(3)36(24)29(23)34-27/h17,21-22,24,26,28,37,42H,16,18-20H2,1-15H3/t22-,24-,26?,28?/m1/s1. The highest BCUT2D eigenvalue weighted by Crippen LogP contribution is 2.47. The Labute approximate surface area is 264 Å². The quantitative estimate of drug-likeness (QED) is 0.287. The van der Waals surface area contributed by atoms with E-state index in [1.807, 2.05) is 25.7 Å². The highest BCUT2D eigenvalue weighted by atomic mass is 28.4. The lowest BCUT2D eigenvalue weighted by molar-refractivity contribution is 0.0191. The molecule has 3 heterocycles. The second-order valence-electron chi connectivity index (χ2n) is 16.6. The van der Waals surface area contributed by atoms with Crippen molar-refractivity contribution in [3.8, 4) is 0 Å². The summed E-state index contributed by atoms with van der Waals surface area (Å²) >= 11 is 0. The molecule has 1 aromatic rings. The summed E-state index contributed by atoms with van der Waals surface area (Å²) in [6.07, 6.45) is -0.596. The molecule has 3 rings (SSSR count). The molecular weight excluding hydrogens is 575 g/mol. The van der Waals surface area contributed by atoms with Crippen LogP contribution >= 0.6 is 0 Å². The average molecular weight is 636 g/mol. The number of aliphatic hydroxyl groups excluding tert-OH is 1. The van der Waals surface area contributed by atoms with E-state index in [0.29, 0.717) is 19.0 Å². The largest absolute Gasteiger partial charge is 0.444 e. The van der Waals surface area contributed by atoms with Gasteiger partial charge in [-0.25, -0.2) is 9.78 Å². The molecule has 0 saturated carbocycles. The molecule has 2 aliphatic rings. The van der Waals surface area contributed by atoms with E-state index in [1.54, 1.807) is 0 Å². The maximum absolute atomic E-state index is 13.0. The van der Waals surface area contributed by atoms with Crippen molar-refractivity contribution >= 4 is 29.3 Å². The third kappa shape index (κ3) is 8.04. The van der Waals surface area contributed by atoms with Crippen molar-refractivity contribution < 1.29 is 23.5 Å². The maximum atomic E-state index is 13.0. The Morgan fingerprint density at radius 3 is 2.23 bits per heavy atom. The zero-order chi connectivity index (χ0) is 32.9. The Kier molecular flexibility index (Phi) is 10.7. The summed E-state index contributed by atoms with van der Waals surface area (Å²) in [4.78, 5) is 22.7. The number of aliphatic hydroxyl groups is 1. The highest BCUT2D eigenvalue weighted by Gasteiger charge is 2.45. The first-order chi connectivity index (χ1) is 19.5. The summed E-state index contributed by atoms with van der Waals surface area (Å²) in [6.45, 7) is 33.7. The summed E-state index contributed by atoms with van der Waals surface area (Å²) in [5, 5.41) is 11.9. The summed E-state index contributed by atoms with van der Waals surface area (Å²) in [5.41, 5.74) is 1.99. The zero-order valence-electron chi connectivity index (χ0n) is 29.8. The molecular formula is C33H61N3O5Si2. The summed E-state index contributed by atoms with van der Waals surface area (Å²) in [5.74, 6) is 1.29. The Bertz CT molecular complexity index is 1140. The van der Waals surface area contributed by atoms with Gasteiger partial charge >= 0.3 is 6.09 Å². The number of hydrogen-bond donors (Lipinski definition) is 1. The third-order valence-corrected chi connectivity index (χ3v) is 15.2. The van der Waals surface area contributed by atoms with E-state index < -0.39 is 29.1 Å². The number of anilines is 1. The first-order valence-corrected chi connectivity index (χ1v) is 21.9. The molecule has 0 aliphatic carbocycles. The molecule has 1 amide bonds. The van der Waals surface area contributed by atoms with E-state index in [1.165, 1.54) is 0 Å². The molecule has 1 fully saturated rings. The molecule has 10 heteroatoms. The first kappa shape index (κ1) is 36.0. The van der Waals surface area contributed by atoms with Gasteiger partial charge in [-0.05, 0) is 88.3 Å². The SMILES string of the molecule is CC(C)C(C)(C)C(O[SiH](C)C)c1nc2c(cc1C(O)CO[Si](C)(C)C(C)(C)C)C[C@@H]1CN(C(=O)OC(C)(C)C)C[C@@H](C)N21. The van der Waals surface area contributed by atoms with Crippen molar-refractivity contribution in [2.75, 3.05) is 24.6 Å². The molecule has 0 spiro atoms. The van der Waals surface area contributed by atoms with Crippen molar-refractivity contribution in [1.82, 2.24) is 9.88 Å². The average Bonchev–Trinajstić information content (AvgIpc) is 3.21. The molecule has 246 valence electrons. The van der Waals surface area contributed by atoms with Gasteiger partial charge in [0.2, 0.25) is 0 Å². The third-order valence-electron chi connectivity index (χ3n) is 9.86. The molecule has 2 unspecified atom stereocenters. The van der Waals surface area contributed by atoms with E-state index in [2.05, 4.69) is 92.5 Å². The monoisotopic (exact) mass is 635 g/mol. The topological polar surface area (TPSA) is 84.4 Å². The minimum absolute atomic E-state index is 0.0411. The lowest BCUT2D eigenvalue weighted by Gasteiger charge is -2.44. The van der Waals surface area contributed by atoms with Gasteiger partial charge in [-0.1, -0.05) is 48.5 Å². The van der Waals surface area contributed by atoms with Crippen LogP contribution < -0.4 is 4.90 Å². The van der Waals surface area contributed by atoms with Crippen LogP contribution in [0.2, 0.25) is 31.2 Å². The van der Waals surface area contributed by atoms with Gasteiger partial charge in [0.15, 0.2) is 17.4 Å². The molecule has 0 bridgehead atoms. The van der Waals surface area contributed by atoms with Crippen LogP contribution in [0.1, 0.15) is 105 Å². The lowest BCUT2D eigenvalue weighted by atomic mass is 9.74. The van der Waals surface area contributed by atoms with Gasteiger partial charge in [-0.2, -0.15) is 0 Å². The molecule has 8 nitrogen and oxygen atoms in total. The molecule has 1 aromatic heterocycles. The van der Waals surface area contributed by atoms with Crippen molar-refractivity contribution in [1.29, 1.82) is 0 Å². The number of ether oxygens (including phenoxy) is 1. The van der Waals surface area contributed by atoms with Crippen LogP contribution in [0.4, 0.5) is 10.6 Å². The van der Waals surface area contributed by atoms with Crippen molar-refractivity contribution in [3.05, 3.63) is 22.9 Å². The summed E-state index contributed by atoms with van der Waals surface area (Å²) in [6, 6.07) is 2.33. The van der Waals surface area contributed by atoms with Crippen LogP contribution in [0.5, 0.6) is 0 Å². The number of hydrogen-bond acceptors (Lipinski definition) is 7. The molecule has 4 atom stereocenters. The van der Waals surface area contributed by atoms with E-state index in [4.69, 9.17) is 18.6 Å². The Morgan fingerprint density at radius 2 is 1.72 bits per heavy atom. The smallest absolute Gasteiger partial charge is 0.410 e. The Morgan fingerprint density at radius 1 is 1.12 bits per heavy atom. The number of pyridine rings is 1. The second kappa shape index (κ2) is 12.7. The minimum atomic E-state index is -2.08. The van der Waals surface area contributed by atoms with Gasteiger partial charge in [0, 0.05) is 24.7 Å². The van der Waals surface area contributed by atoms with Gasteiger partial charge < -0.3 is 28.5 Å².